The highest BCUT2D eigenvalue weighted by molar-refractivity contribution is 9.10. The minimum atomic E-state index is -0.115. The molecule has 1 aromatic heterocycles. The molecule has 0 aromatic carbocycles. The Bertz CT molecular complexity index is 266. The molecule has 0 saturated carbocycles. The van der Waals surface area contributed by atoms with Crippen LogP contribution in [0, 0.1) is 0 Å². The molecule has 1 atom stereocenters. The fourth-order valence-electron chi connectivity index (χ4n) is 0.760. The summed E-state index contributed by atoms with van der Waals surface area (Å²) in [5.74, 6) is 0. The van der Waals surface area contributed by atoms with Crippen LogP contribution in [0.3, 0.4) is 0 Å². The molecule has 68 valence electrons. The van der Waals surface area contributed by atoms with Crippen molar-refractivity contribution in [2.45, 2.75) is 13.0 Å². The minimum Gasteiger partial charge on any atom is -0.323 e. The summed E-state index contributed by atoms with van der Waals surface area (Å²) in [6.45, 7) is 1.85. The summed E-state index contributed by atoms with van der Waals surface area (Å²) in [6.07, 6.45) is 1.69. The molecule has 1 rings (SSSR count). The number of rotatable bonds is 1. The monoisotopic (exact) mass is 270 g/mol. The predicted octanol–water partition coefficient (Wildman–Crippen LogP) is 2.94. The summed E-state index contributed by atoms with van der Waals surface area (Å²) in [7, 11) is 0. The molecule has 2 nitrogen and oxygen atoms in total. The van der Waals surface area contributed by atoms with Gasteiger partial charge in [-0.25, -0.2) is 0 Å². The highest BCUT2D eigenvalue weighted by Crippen LogP contribution is 2.22. The van der Waals surface area contributed by atoms with Crippen molar-refractivity contribution in [1.82, 2.24) is 4.98 Å². The smallest absolute Gasteiger partial charge is 0.0754 e. The minimum absolute atomic E-state index is 0. The van der Waals surface area contributed by atoms with E-state index in [0.717, 1.165) is 10.2 Å². The number of hydrogen-bond donors (Lipinski definition) is 1. The number of pyridine rings is 1. The van der Waals surface area contributed by atoms with Crippen LogP contribution in [0.25, 0.3) is 0 Å². The molecule has 0 aliphatic carbocycles. The standard InChI is InChI=1S/C7H8BrClN2.ClH/c1-4(10)7-6(9)2-5(8)3-11-7;/h2-4H,10H2,1H3;1H. The Labute approximate surface area is 91.0 Å². The molecule has 12 heavy (non-hydrogen) atoms. The first-order valence-corrected chi connectivity index (χ1v) is 4.35. The van der Waals surface area contributed by atoms with Crippen molar-refractivity contribution in [2.24, 2.45) is 5.73 Å². The van der Waals surface area contributed by atoms with Gasteiger partial charge < -0.3 is 5.73 Å². The molecule has 1 unspecified atom stereocenters. The van der Waals surface area contributed by atoms with E-state index in [-0.39, 0.29) is 18.4 Å². The van der Waals surface area contributed by atoms with E-state index < -0.39 is 0 Å². The highest BCUT2D eigenvalue weighted by atomic mass is 79.9. The lowest BCUT2D eigenvalue weighted by atomic mass is 10.2. The first-order valence-electron chi connectivity index (χ1n) is 3.18. The van der Waals surface area contributed by atoms with Gasteiger partial charge in [-0.1, -0.05) is 11.6 Å². The maximum atomic E-state index is 5.85. The molecular formula is C7H9BrCl2N2. The Morgan fingerprint density at radius 1 is 1.67 bits per heavy atom. The number of aromatic nitrogens is 1. The fraction of sp³-hybridized carbons (Fsp3) is 0.286. The lowest BCUT2D eigenvalue weighted by Crippen LogP contribution is -2.07. The number of hydrogen-bond acceptors (Lipinski definition) is 2. The SMILES string of the molecule is CC(N)c1ncc(Br)cc1Cl.Cl. The van der Waals surface area contributed by atoms with E-state index in [4.69, 9.17) is 17.3 Å². The summed E-state index contributed by atoms with van der Waals surface area (Å²) >= 11 is 9.11. The largest absolute Gasteiger partial charge is 0.323 e. The molecule has 0 fully saturated rings. The molecule has 1 heterocycles. The summed E-state index contributed by atoms with van der Waals surface area (Å²) in [5.41, 5.74) is 6.33. The maximum absolute atomic E-state index is 5.85. The summed E-state index contributed by atoms with van der Waals surface area (Å²) in [5, 5.41) is 0.606. The van der Waals surface area contributed by atoms with Crippen molar-refractivity contribution in [2.75, 3.05) is 0 Å². The summed E-state index contributed by atoms with van der Waals surface area (Å²) in [6, 6.07) is 1.67. The number of halogens is 3. The highest BCUT2D eigenvalue weighted by Gasteiger charge is 2.06. The van der Waals surface area contributed by atoms with Gasteiger partial charge in [0, 0.05) is 16.7 Å². The van der Waals surface area contributed by atoms with Crippen molar-refractivity contribution in [1.29, 1.82) is 0 Å². The van der Waals surface area contributed by atoms with Crippen LogP contribution in [0.15, 0.2) is 16.7 Å². The second-order valence-electron chi connectivity index (χ2n) is 2.31. The molecular weight excluding hydrogens is 263 g/mol. The van der Waals surface area contributed by atoms with Gasteiger partial charge in [0.05, 0.1) is 10.7 Å². The zero-order valence-corrected chi connectivity index (χ0v) is 9.58. The third-order valence-corrected chi connectivity index (χ3v) is 2.00. The first-order chi connectivity index (χ1) is 5.11. The second-order valence-corrected chi connectivity index (χ2v) is 3.63. The molecule has 0 aliphatic heterocycles. The predicted molar refractivity (Wildman–Crippen MR) is 56.8 cm³/mol. The molecule has 0 amide bonds. The lowest BCUT2D eigenvalue weighted by Gasteiger charge is -2.05. The van der Waals surface area contributed by atoms with Crippen molar-refractivity contribution >= 4 is 39.9 Å². The molecule has 0 spiro atoms. The third kappa shape index (κ3) is 2.90. The van der Waals surface area contributed by atoms with Crippen LogP contribution in [-0.4, -0.2) is 4.98 Å². The topological polar surface area (TPSA) is 38.9 Å². The molecule has 0 aliphatic rings. The van der Waals surface area contributed by atoms with E-state index in [0.29, 0.717) is 5.02 Å². The van der Waals surface area contributed by atoms with Crippen molar-refractivity contribution in [3.8, 4) is 0 Å². The number of nitrogens with zero attached hydrogens (tertiary/aromatic N) is 1. The molecule has 0 bridgehead atoms. The van der Waals surface area contributed by atoms with Gasteiger partial charge >= 0.3 is 0 Å². The van der Waals surface area contributed by atoms with Crippen LogP contribution >= 0.6 is 39.9 Å². The van der Waals surface area contributed by atoms with E-state index in [9.17, 15) is 0 Å². The van der Waals surface area contributed by atoms with Crippen LogP contribution in [0.1, 0.15) is 18.7 Å². The Hall–Kier alpha value is 0.170. The van der Waals surface area contributed by atoms with Gasteiger partial charge in [-0.2, -0.15) is 0 Å². The molecule has 0 radical (unpaired) electrons. The second kappa shape index (κ2) is 5.02. The first kappa shape index (κ1) is 12.2. The molecule has 0 saturated heterocycles. The normalized spacial score (nSPS) is 12.0. The van der Waals surface area contributed by atoms with Gasteiger partial charge in [0.15, 0.2) is 0 Å². The Kier molecular flexibility index (Phi) is 5.09. The summed E-state index contributed by atoms with van der Waals surface area (Å²) in [4.78, 5) is 4.07. The van der Waals surface area contributed by atoms with Gasteiger partial charge in [0.1, 0.15) is 0 Å². The van der Waals surface area contributed by atoms with Crippen molar-refractivity contribution < 1.29 is 0 Å². The molecule has 1 aromatic rings. The van der Waals surface area contributed by atoms with Gasteiger partial charge in [0.2, 0.25) is 0 Å². The third-order valence-electron chi connectivity index (χ3n) is 1.27. The zero-order chi connectivity index (χ0) is 8.43. The van der Waals surface area contributed by atoms with Gasteiger partial charge in [0.25, 0.3) is 0 Å². The van der Waals surface area contributed by atoms with Crippen LogP contribution in [-0.2, 0) is 0 Å². The van der Waals surface area contributed by atoms with Crippen molar-refractivity contribution in [3.05, 3.63) is 27.5 Å². The van der Waals surface area contributed by atoms with Crippen molar-refractivity contribution in [3.63, 3.8) is 0 Å². The van der Waals surface area contributed by atoms with E-state index in [2.05, 4.69) is 20.9 Å². The van der Waals surface area contributed by atoms with E-state index >= 15 is 0 Å². The van der Waals surface area contributed by atoms with Gasteiger partial charge in [-0.3, -0.25) is 4.98 Å². The summed E-state index contributed by atoms with van der Waals surface area (Å²) < 4.78 is 0.868. The van der Waals surface area contributed by atoms with E-state index in [1.807, 2.05) is 6.92 Å². The quantitative estimate of drug-likeness (QED) is 0.853. The van der Waals surface area contributed by atoms with Gasteiger partial charge in [-0.05, 0) is 28.9 Å². The van der Waals surface area contributed by atoms with E-state index in [1.165, 1.54) is 0 Å². The number of nitrogens with two attached hydrogens (primary N) is 1. The maximum Gasteiger partial charge on any atom is 0.0754 e. The average Bonchev–Trinajstić information content (AvgIpc) is 1.85. The van der Waals surface area contributed by atoms with Crippen LogP contribution < -0.4 is 5.73 Å². The Morgan fingerprint density at radius 3 is 2.67 bits per heavy atom. The Morgan fingerprint density at radius 2 is 2.25 bits per heavy atom. The fourth-order valence-corrected chi connectivity index (χ4v) is 1.56. The van der Waals surface area contributed by atoms with E-state index in [1.54, 1.807) is 12.3 Å². The Balaban J connectivity index is 0.00000121. The average molecular weight is 272 g/mol. The zero-order valence-electron chi connectivity index (χ0n) is 6.42. The molecule has 2 N–H and O–H groups in total. The lowest BCUT2D eigenvalue weighted by molar-refractivity contribution is 0.780. The van der Waals surface area contributed by atoms with Gasteiger partial charge in [-0.15, -0.1) is 12.4 Å². The van der Waals surface area contributed by atoms with Crippen LogP contribution in [0.5, 0.6) is 0 Å². The van der Waals surface area contributed by atoms with Crippen LogP contribution in [0.2, 0.25) is 5.02 Å². The molecule has 5 heteroatoms. The van der Waals surface area contributed by atoms with Crippen LogP contribution in [0.4, 0.5) is 0 Å².